The molecule has 0 bridgehead atoms. The number of rotatable bonds is 11. The van der Waals surface area contributed by atoms with Crippen LogP contribution in [0.1, 0.15) is 80.2 Å². The first-order chi connectivity index (χ1) is 29.9. The van der Waals surface area contributed by atoms with Crippen LogP contribution in [0, 0.1) is 27.7 Å². The predicted molar refractivity (Wildman–Crippen MR) is 286 cm³/mol. The summed E-state index contributed by atoms with van der Waals surface area (Å²) >= 11 is 0. The summed E-state index contributed by atoms with van der Waals surface area (Å²) in [6.45, 7) is 35.4. The highest BCUT2D eigenvalue weighted by atomic mass is 29.3. The van der Waals surface area contributed by atoms with Crippen molar-refractivity contribution in [2.75, 3.05) is 6.61 Å². The number of nitrogens with zero attached hydrogens (tertiary/aromatic N) is 2. The van der Waals surface area contributed by atoms with E-state index in [9.17, 15) is 0 Å². The second kappa shape index (κ2) is 18.4. The van der Waals surface area contributed by atoms with Gasteiger partial charge in [0.2, 0.25) is 0 Å². The van der Waals surface area contributed by atoms with E-state index in [4.69, 9.17) is 4.74 Å². The normalized spacial score (nSPS) is 15.8. The Kier molecular flexibility index (Phi) is 13.7. The fraction of sp³-hybridized carbons (Fsp3) is 0.393. The topological polar surface area (TPSA) is 35.0 Å². The van der Waals surface area contributed by atoms with Gasteiger partial charge in [-0.3, -0.25) is 9.97 Å². The van der Waals surface area contributed by atoms with E-state index in [1.54, 1.807) is 31.9 Å². The Bertz CT molecular complexity index is 2510. The lowest BCUT2D eigenvalue weighted by Gasteiger charge is -2.46. The van der Waals surface area contributed by atoms with Crippen molar-refractivity contribution in [1.29, 1.82) is 0 Å². The third-order valence-corrected chi connectivity index (χ3v) is 51.0. The standard InChI is InChI=1S/C28H30N2Si2.C28H44OSi2/c1-19-15-27-25(17-23(19)21-7-11-29-12-8-21)26-18-24(22-9-13-30-14-10-22)20(2)16-28(26)32(5,6)31(27,3)4;1-9-11-13-15-23-17-21(3)19-25-27(23)28-24(29-16-14-12-10-2)18-22(4)20-26(28)31(7,8)30(25,5)6/h7-18H,1-6H3;17-20H,9-16H2,1-8H3. The zero-order chi connectivity index (χ0) is 45.5. The minimum atomic E-state index is -1.65. The number of benzene rings is 4. The van der Waals surface area contributed by atoms with Crippen LogP contribution < -0.4 is 25.5 Å². The number of aryl methyl sites for hydroxylation is 5. The summed E-state index contributed by atoms with van der Waals surface area (Å²) in [5.74, 6) is 1.15. The molecule has 0 saturated carbocycles. The van der Waals surface area contributed by atoms with Crippen LogP contribution in [0.25, 0.3) is 44.5 Å². The Balaban J connectivity index is 0.000000189. The van der Waals surface area contributed by atoms with Gasteiger partial charge in [0.1, 0.15) is 5.75 Å². The Labute approximate surface area is 384 Å². The summed E-state index contributed by atoms with van der Waals surface area (Å²) in [5.41, 5.74) is 18.1. The summed E-state index contributed by atoms with van der Waals surface area (Å²) in [6.07, 6.45) is 16.2. The summed E-state index contributed by atoms with van der Waals surface area (Å²) < 4.78 is 6.55. The minimum Gasteiger partial charge on any atom is -0.493 e. The number of hydrogen-bond acceptors (Lipinski definition) is 3. The molecule has 0 fully saturated rings. The van der Waals surface area contributed by atoms with Gasteiger partial charge in [-0.1, -0.05) is 149 Å². The molecule has 0 unspecified atom stereocenters. The van der Waals surface area contributed by atoms with Crippen LogP contribution in [0.3, 0.4) is 0 Å². The van der Waals surface area contributed by atoms with Crippen LogP contribution in [-0.4, -0.2) is 46.9 Å². The van der Waals surface area contributed by atoms with Crippen molar-refractivity contribution < 1.29 is 4.74 Å². The van der Waals surface area contributed by atoms with Crippen molar-refractivity contribution in [2.24, 2.45) is 0 Å². The molecular weight excluding hydrogens is 829 g/mol. The highest BCUT2D eigenvalue weighted by molar-refractivity contribution is 7.51. The van der Waals surface area contributed by atoms with Gasteiger partial charge in [-0.15, -0.1) is 0 Å². The zero-order valence-electron chi connectivity index (χ0n) is 41.2. The third-order valence-electron chi connectivity index (χ3n) is 15.7. The van der Waals surface area contributed by atoms with Crippen molar-refractivity contribution in [2.45, 2.75) is 139 Å². The first-order valence-electron chi connectivity index (χ1n) is 23.9. The van der Waals surface area contributed by atoms with Gasteiger partial charge in [-0.2, -0.15) is 0 Å². The molecule has 0 N–H and O–H groups in total. The number of pyridine rings is 2. The van der Waals surface area contributed by atoms with Crippen LogP contribution in [0.5, 0.6) is 5.75 Å². The molecule has 63 heavy (non-hydrogen) atoms. The van der Waals surface area contributed by atoms with E-state index >= 15 is 0 Å². The van der Waals surface area contributed by atoms with Crippen LogP contribution in [0.15, 0.2) is 97.6 Å². The Morgan fingerprint density at radius 3 is 1.35 bits per heavy atom. The number of aromatic nitrogens is 2. The second-order valence-electron chi connectivity index (χ2n) is 20.9. The highest BCUT2D eigenvalue weighted by Crippen LogP contribution is 2.42. The summed E-state index contributed by atoms with van der Waals surface area (Å²) in [4.78, 5) is 8.46. The molecule has 2 aliphatic heterocycles. The maximum atomic E-state index is 6.55. The number of ether oxygens (including phenoxy) is 1. The average molecular weight is 904 g/mol. The molecule has 3 nitrogen and oxygen atoms in total. The molecule has 2 aliphatic rings. The van der Waals surface area contributed by atoms with Gasteiger partial charge in [0, 0.05) is 30.4 Å². The van der Waals surface area contributed by atoms with E-state index in [1.165, 1.54) is 99.7 Å². The molecule has 0 aliphatic carbocycles. The molecule has 7 heteroatoms. The van der Waals surface area contributed by atoms with E-state index in [0.717, 1.165) is 18.8 Å². The van der Waals surface area contributed by atoms with Gasteiger partial charge < -0.3 is 4.74 Å². The van der Waals surface area contributed by atoms with E-state index in [0.29, 0.717) is 0 Å². The fourth-order valence-corrected chi connectivity index (χ4v) is 29.6. The molecule has 0 radical (unpaired) electrons. The van der Waals surface area contributed by atoms with Crippen molar-refractivity contribution in [3.8, 4) is 50.3 Å². The van der Waals surface area contributed by atoms with Crippen molar-refractivity contribution >= 4 is 51.1 Å². The Hall–Kier alpha value is -4.15. The molecule has 4 aromatic carbocycles. The van der Waals surface area contributed by atoms with Gasteiger partial charge >= 0.3 is 0 Å². The summed E-state index contributed by atoms with van der Waals surface area (Å²) in [6, 6.07) is 28.3. The third kappa shape index (κ3) is 8.60. The van der Waals surface area contributed by atoms with Gasteiger partial charge in [-0.05, 0) is 151 Å². The molecular formula is C56H74N2OSi4. The first kappa shape index (κ1) is 46.8. The monoisotopic (exact) mass is 902 g/mol. The quantitative estimate of drug-likeness (QED) is 0.0960. The van der Waals surface area contributed by atoms with Crippen molar-refractivity contribution in [3.63, 3.8) is 0 Å². The molecule has 6 aromatic rings. The molecule has 0 amide bonds. The highest BCUT2D eigenvalue weighted by Gasteiger charge is 2.51. The summed E-state index contributed by atoms with van der Waals surface area (Å²) in [7, 11) is -6.54. The molecule has 0 spiro atoms. The maximum Gasteiger partial charge on any atom is 0.127 e. The molecule has 0 atom stereocenters. The lowest BCUT2D eigenvalue weighted by molar-refractivity contribution is 0.307. The van der Waals surface area contributed by atoms with Crippen LogP contribution in [-0.2, 0) is 6.42 Å². The van der Waals surface area contributed by atoms with E-state index in [1.807, 2.05) is 24.8 Å². The molecule has 4 heterocycles. The Morgan fingerprint density at radius 2 is 0.873 bits per heavy atom. The van der Waals surface area contributed by atoms with Crippen molar-refractivity contribution in [1.82, 2.24) is 9.97 Å². The van der Waals surface area contributed by atoms with E-state index in [-0.39, 0.29) is 0 Å². The smallest absolute Gasteiger partial charge is 0.127 e. The minimum absolute atomic E-state index is 0.832. The zero-order valence-corrected chi connectivity index (χ0v) is 45.2. The number of hydrogen-bond donors (Lipinski definition) is 0. The molecule has 8 rings (SSSR count). The van der Waals surface area contributed by atoms with E-state index in [2.05, 4.69) is 177 Å². The van der Waals surface area contributed by atoms with Gasteiger partial charge in [0.25, 0.3) is 0 Å². The van der Waals surface area contributed by atoms with E-state index < -0.39 is 30.4 Å². The predicted octanol–water partition coefficient (Wildman–Crippen LogP) is 13.2. The van der Waals surface area contributed by atoms with Gasteiger partial charge in [0.15, 0.2) is 0 Å². The largest absolute Gasteiger partial charge is 0.493 e. The lowest BCUT2D eigenvalue weighted by atomic mass is 9.92. The summed E-state index contributed by atoms with van der Waals surface area (Å²) in [5, 5.41) is 6.61. The second-order valence-corrected chi connectivity index (χ2v) is 51.1. The first-order valence-corrected chi connectivity index (χ1v) is 37.9. The van der Waals surface area contributed by atoms with Gasteiger partial charge in [0.05, 0.1) is 37.0 Å². The van der Waals surface area contributed by atoms with Gasteiger partial charge in [-0.25, -0.2) is 0 Å². The fourth-order valence-electron chi connectivity index (χ4n) is 10.5. The van der Waals surface area contributed by atoms with Crippen molar-refractivity contribution in [3.05, 3.63) is 125 Å². The average Bonchev–Trinajstić information content (AvgIpc) is 3.25. The molecule has 330 valence electrons. The lowest BCUT2D eigenvalue weighted by Crippen LogP contribution is -2.72. The number of unbranched alkanes of at least 4 members (excludes halogenated alkanes) is 4. The van der Waals surface area contributed by atoms with Crippen LogP contribution in [0.2, 0.25) is 52.4 Å². The number of fused-ring (bicyclic) bond motifs is 6. The Morgan fingerprint density at radius 1 is 0.444 bits per heavy atom. The molecule has 0 saturated heterocycles. The van der Waals surface area contributed by atoms with Crippen LogP contribution >= 0.6 is 0 Å². The van der Waals surface area contributed by atoms with Crippen LogP contribution in [0.4, 0.5) is 0 Å². The molecule has 2 aromatic heterocycles. The SMILES string of the molecule is CCCCCOc1cc(C)cc2c1-c1c(CCCCC)cc(C)cc1[Si](C)(C)[Si]2(C)C.Cc1cc2c(cc1-c1ccncc1)-c1cc(-c3ccncc3)c(C)cc1[Si](C)(C)[Si]2(C)C. The maximum absolute atomic E-state index is 6.55.